The summed E-state index contributed by atoms with van der Waals surface area (Å²) in [6.07, 6.45) is 0. The standard InChI is InChI=1S/C20H27N3O5S2/c1-21(2)18-6-4-17(5-7-18)16-22(3)29(24,25)19-8-10-20(11-9-19)30(26,27)23-12-14-28-15-13-23/h4-11H,12-16H2,1-3H3. The van der Waals surface area contributed by atoms with Crippen molar-refractivity contribution in [1.29, 1.82) is 0 Å². The topological polar surface area (TPSA) is 87.2 Å². The lowest BCUT2D eigenvalue weighted by atomic mass is 10.2. The molecule has 2 aromatic carbocycles. The summed E-state index contributed by atoms with van der Waals surface area (Å²) in [6, 6.07) is 13.0. The Balaban J connectivity index is 1.75. The molecule has 0 unspecified atom stereocenters. The molecule has 0 spiro atoms. The molecule has 1 heterocycles. The predicted molar refractivity (Wildman–Crippen MR) is 115 cm³/mol. The van der Waals surface area contributed by atoms with E-state index in [1.54, 1.807) is 0 Å². The summed E-state index contributed by atoms with van der Waals surface area (Å²) in [5.74, 6) is 0. The van der Waals surface area contributed by atoms with E-state index in [2.05, 4.69) is 0 Å². The van der Waals surface area contributed by atoms with Crippen molar-refractivity contribution in [1.82, 2.24) is 8.61 Å². The summed E-state index contributed by atoms with van der Waals surface area (Å²) in [5, 5.41) is 0. The van der Waals surface area contributed by atoms with Crippen LogP contribution in [0.15, 0.2) is 58.3 Å². The highest BCUT2D eigenvalue weighted by atomic mass is 32.2. The van der Waals surface area contributed by atoms with Gasteiger partial charge in [-0.3, -0.25) is 0 Å². The van der Waals surface area contributed by atoms with Gasteiger partial charge in [0.2, 0.25) is 20.0 Å². The third-order valence-corrected chi connectivity index (χ3v) is 8.73. The molecule has 0 N–H and O–H groups in total. The lowest BCUT2D eigenvalue weighted by Crippen LogP contribution is -2.40. The van der Waals surface area contributed by atoms with Crippen LogP contribution in [0.5, 0.6) is 0 Å². The highest BCUT2D eigenvalue weighted by molar-refractivity contribution is 7.89. The second-order valence-electron chi connectivity index (χ2n) is 7.31. The fourth-order valence-electron chi connectivity index (χ4n) is 3.14. The van der Waals surface area contributed by atoms with Crippen molar-refractivity contribution in [2.24, 2.45) is 0 Å². The van der Waals surface area contributed by atoms with E-state index in [1.807, 2.05) is 43.3 Å². The molecule has 1 fully saturated rings. The van der Waals surface area contributed by atoms with E-state index in [0.717, 1.165) is 11.3 Å². The van der Waals surface area contributed by atoms with Gasteiger partial charge in [-0.2, -0.15) is 8.61 Å². The molecule has 164 valence electrons. The molecular formula is C20H27N3O5S2. The molecule has 3 rings (SSSR count). The van der Waals surface area contributed by atoms with Crippen molar-refractivity contribution in [3.05, 3.63) is 54.1 Å². The Morgan fingerprint density at radius 3 is 1.90 bits per heavy atom. The zero-order chi connectivity index (χ0) is 21.9. The van der Waals surface area contributed by atoms with E-state index < -0.39 is 20.0 Å². The van der Waals surface area contributed by atoms with Crippen molar-refractivity contribution in [3.8, 4) is 0 Å². The first-order valence-corrected chi connectivity index (χ1v) is 12.4. The molecule has 30 heavy (non-hydrogen) atoms. The van der Waals surface area contributed by atoms with Crippen LogP contribution in [0.25, 0.3) is 0 Å². The second-order valence-corrected chi connectivity index (χ2v) is 11.3. The molecule has 0 saturated carbocycles. The van der Waals surface area contributed by atoms with Crippen molar-refractivity contribution in [2.45, 2.75) is 16.3 Å². The number of sulfonamides is 2. The van der Waals surface area contributed by atoms with Gasteiger partial charge in [-0.25, -0.2) is 16.8 Å². The molecule has 0 aliphatic carbocycles. The summed E-state index contributed by atoms with van der Waals surface area (Å²) in [7, 11) is -2.03. The van der Waals surface area contributed by atoms with Crippen LogP contribution in [0.1, 0.15) is 5.56 Å². The van der Waals surface area contributed by atoms with Crippen LogP contribution < -0.4 is 4.90 Å². The number of hydrogen-bond donors (Lipinski definition) is 0. The molecule has 1 aliphatic heterocycles. The van der Waals surface area contributed by atoms with Crippen molar-refractivity contribution >= 4 is 25.7 Å². The van der Waals surface area contributed by atoms with Gasteiger partial charge in [0.25, 0.3) is 0 Å². The van der Waals surface area contributed by atoms with E-state index in [1.165, 1.54) is 39.9 Å². The Hall–Kier alpha value is -1.98. The van der Waals surface area contributed by atoms with Gasteiger partial charge in [-0.1, -0.05) is 12.1 Å². The number of morpholine rings is 1. The van der Waals surface area contributed by atoms with Crippen LogP contribution in [-0.2, 0) is 31.3 Å². The number of nitrogens with zero attached hydrogens (tertiary/aromatic N) is 3. The first kappa shape index (κ1) is 22.7. The second kappa shape index (κ2) is 9.03. The fraction of sp³-hybridized carbons (Fsp3) is 0.400. The van der Waals surface area contributed by atoms with E-state index in [4.69, 9.17) is 4.74 Å². The molecular weight excluding hydrogens is 426 g/mol. The van der Waals surface area contributed by atoms with Crippen LogP contribution in [0.4, 0.5) is 5.69 Å². The van der Waals surface area contributed by atoms with Gasteiger partial charge in [0.05, 0.1) is 23.0 Å². The molecule has 10 heteroatoms. The highest BCUT2D eigenvalue weighted by Crippen LogP contribution is 2.22. The Kier molecular flexibility index (Phi) is 6.83. The minimum absolute atomic E-state index is 0.0517. The van der Waals surface area contributed by atoms with Crippen LogP contribution in [-0.4, -0.2) is 72.9 Å². The lowest BCUT2D eigenvalue weighted by Gasteiger charge is -2.26. The van der Waals surface area contributed by atoms with Crippen molar-refractivity contribution in [2.75, 3.05) is 52.3 Å². The molecule has 1 saturated heterocycles. The maximum absolute atomic E-state index is 12.9. The van der Waals surface area contributed by atoms with Gasteiger partial charge in [0.1, 0.15) is 0 Å². The smallest absolute Gasteiger partial charge is 0.243 e. The monoisotopic (exact) mass is 453 g/mol. The maximum atomic E-state index is 12.9. The SMILES string of the molecule is CN(C)c1ccc(CN(C)S(=O)(=O)c2ccc(S(=O)(=O)N3CCOCC3)cc2)cc1. The van der Waals surface area contributed by atoms with Crippen LogP contribution in [0, 0.1) is 0 Å². The van der Waals surface area contributed by atoms with E-state index in [9.17, 15) is 16.8 Å². The molecule has 1 aliphatic rings. The number of ether oxygens (including phenoxy) is 1. The predicted octanol–water partition coefficient (Wildman–Crippen LogP) is 1.59. The number of rotatable bonds is 7. The molecule has 2 aromatic rings. The average molecular weight is 454 g/mol. The molecule has 8 nitrogen and oxygen atoms in total. The van der Waals surface area contributed by atoms with Crippen molar-refractivity contribution < 1.29 is 21.6 Å². The summed E-state index contributed by atoms with van der Waals surface area (Å²) < 4.78 is 59.0. The summed E-state index contributed by atoms with van der Waals surface area (Å²) in [5.41, 5.74) is 1.89. The van der Waals surface area contributed by atoms with Gasteiger partial charge in [0.15, 0.2) is 0 Å². The summed E-state index contributed by atoms with van der Waals surface area (Å²) >= 11 is 0. The molecule has 0 amide bonds. The summed E-state index contributed by atoms with van der Waals surface area (Å²) in [6.45, 7) is 1.50. The first-order valence-electron chi connectivity index (χ1n) is 9.53. The number of benzene rings is 2. The third kappa shape index (κ3) is 4.84. The molecule has 0 bridgehead atoms. The van der Waals surface area contributed by atoms with Gasteiger partial charge in [0, 0.05) is 46.5 Å². The highest BCUT2D eigenvalue weighted by Gasteiger charge is 2.27. The maximum Gasteiger partial charge on any atom is 0.243 e. The number of anilines is 1. The normalized spacial score (nSPS) is 16.0. The van der Waals surface area contributed by atoms with Crippen LogP contribution in [0.3, 0.4) is 0 Å². The third-order valence-electron chi connectivity index (χ3n) is 5.00. The Morgan fingerprint density at radius 2 is 1.37 bits per heavy atom. The van der Waals surface area contributed by atoms with Crippen LogP contribution >= 0.6 is 0 Å². The quantitative estimate of drug-likeness (QED) is 0.633. The van der Waals surface area contributed by atoms with Gasteiger partial charge in [-0.05, 0) is 42.0 Å². The van der Waals surface area contributed by atoms with Gasteiger partial charge < -0.3 is 9.64 Å². The minimum atomic E-state index is -3.76. The molecule has 0 radical (unpaired) electrons. The van der Waals surface area contributed by atoms with Crippen molar-refractivity contribution in [3.63, 3.8) is 0 Å². The largest absolute Gasteiger partial charge is 0.379 e. The van der Waals surface area contributed by atoms with Gasteiger partial charge in [-0.15, -0.1) is 0 Å². The zero-order valence-corrected chi connectivity index (χ0v) is 19.0. The lowest BCUT2D eigenvalue weighted by molar-refractivity contribution is 0.0730. The van der Waals surface area contributed by atoms with Gasteiger partial charge >= 0.3 is 0 Å². The van der Waals surface area contributed by atoms with E-state index in [-0.39, 0.29) is 29.4 Å². The Bertz CT molecular complexity index is 1060. The van der Waals surface area contributed by atoms with Crippen LogP contribution in [0.2, 0.25) is 0 Å². The Labute approximate surface area is 178 Å². The zero-order valence-electron chi connectivity index (χ0n) is 17.4. The average Bonchev–Trinajstić information content (AvgIpc) is 2.74. The Morgan fingerprint density at radius 1 is 0.833 bits per heavy atom. The fourth-order valence-corrected chi connectivity index (χ4v) is 5.71. The summed E-state index contributed by atoms with van der Waals surface area (Å²) in [4.78, 5) is 2.10. The van der Waals surface area contributed by atoms with E-state index >= 15 is 0 Å². The molecule has 0 atom stereocenters. The molecule has 0 aromatic heterocycles. The first-order chi connectivity index (χ1) is 14.1. The number of hydrogen-bond acceptors (Lipinski definition) is 6. The minimum Gasteiger partial charge on any atom is -0.379 e. The van der Waals surface area contributed by atoms with E-state index in [0.29, 0.717) is 13.2 Å².